The molecule has 2 N–H and O–H groups in total. The minimum atomic E-state index is -0.558. The number of likely N-dealkylation sites (tertiary alicyclic amines) is 1. The molecule has 0 radical (unpaired) electrons. The number of nitrogens with zero attached hydrogens (tertiary/aromatic N) is 2. The summed E-state index contributed by atoms with van der Waals surface area (Å²) in [6.45, 7) is 5.06. The van der Waals surface area contributed by atoms with Crippen molar-refractivity contribution in [3.63, 3.8) is 0 Å². The van der Waals surface area contributed by atoms with Crippen molar-refractivity contribution >= 4 is 30.7 Å². The van der Waals surface area contributed by atoms with Gasteiger partial charge in [-0.3, -0.25) is 4.79 Å². The zero-order valence-electron chi connectivity index (χ0n) is 14.2. The highest BCUT2D eigenvalue weighted by atomic mass is 35.5. The van der Waals surface area contributed by atoms with Crippen LogP contribution in [0.25, 0.3) is 0 Å². The van der Waals surface area contributed by atoms with Crippen molar-refractivity contribution < 1.29 is 4.79 Å². The molecule has 0 aliphatic carbocycles. The highest BCUT2D eigenvalue weighted by Crippen LogP contribution is 2.18. The highest BCUT2D eigenvalue weighted by Gasteiger charge is 2.24. The van der Waals surface area contributed by atoms with Crippen molar-refractivity contribution in [2.75, 3.05) is 33.7 Å². The molecule has 2 rings (SSSR count). The number of halogens is 2. The maximum atomic E-state index is 12.5. The van der Waals surface area contributed by atoms with Crippen LogP contribution in [-0.2, 0) is 4.79 Å². The van der Waals surface area contributed by atoms with Gasteiger partial charge < -0.3 is 15.5 Å². The van der Waals surface area contributed by atoms with Gasteiger partial charge in [-0.2, -0.15) is 0 Å². The first-order valence-corrected chi connectivity index (χ1v) is 7.73. The van der Waals surface area contributed by atoms with E-state index >= 15 is 0 Å². The third-order valence-corrected chi connectivity index (χ3v) is 4.33. The van der Waals surface area contributed by atoms with Gasteiger partial charge in [0.25, 0.3) is 0 Å². The summed E-state index contributed by atoms with van der Waals surface area (Å²) < 4.78 is 0. The van der Waals surface area contributed by atoms with Crippen molar-refractivity contribution in [2.24, 2.45) is 11.7 Å². The molecular weight excluding hydrogens is 333 g/mol. The number of carbonyl (C=O) groups excluding carboxylic acids is 1. The zero-order valence-corrected chi connectivity index (χ0v) is 15.8. The third kappa shape index (κ3) is 6.30. The van der Waals surface area contributed by atoms with Gasteiger partial charge in [0.2, 0.25) is 5.91 Å². The molecule has 1 aromatic rings. The number of rotatable bonds is 4. The molecule has 1 fully saturated rings. The number of benzene rings is 1. The Hall–Kier alpha value is -0.810. The van der Waals surface area contributed by atoms with E-state index in [0.717, 1.165) is 25.2 Å². The van der Waals surface area contributed by atoms with E-state index in [2.05, 4.69) is 11.9 Å². The Morgan fingerprint density at radius 2 is 1.96 bits per heavy atom. The molecule has 0 saturated carbocycles. The van der Waals surface area contributed by atoms with Crippen molar-refractivity contribution in [2.45, 2.75) is 25.8 Å². The third-order valence-electron chi connectivity index (χ3n) is 4.33. The first-order valence-electron chi connectivity index (χ1n) is 7.73. The fraction of sp³-hybridized carbons (Fsp3) is 0.588. The molecule has 1 heterocycles. The van der Waals surface area contributed by atoms with E-state index in [-0.39, 0.29) is 30.7 Å². The number of hydrogen-bond acceptors (Lipinski definition) is 3. The average molecular weight is 362 g/mol. The summed E-state index contributed by atoms with van der Waals surface area (Å²) in [5.74, 6) is 0.565. The predicted octanol–water partition coefficient (Wildman–Crippen LogP) is 2.64. The van der Waals surface area contributed by atoms with Crippen LogP contribution in [0.15, 0.2) is 24.3 Å². The molecule has 0 aromatic heterocycles. The molecule has 4 nitrogen and oxygen atoms in total. The quantitative estimate of drug-likeness (QED) is 0.896. The topological polar surface area (TPSA) is 49.6 Å². The maximum absolute atomic E-state index is 12.5. The monoisotopic (exact) mass is 361 g/mol. The first-order chi connectivity index (χ1) is 9.97. The summed E-state index contributed by atoms with van der Waals surface area (Å²) in [6.07, 6.45) is 2.41. The molecule has 0 bridgehead atoms. The number of likely N-dealkylation sites (N-methyl/N-ethyl adjacent to an activating group) is 1. The van der Waals surface area contributed by atoms with E-state index in [9.17, 15) is 4.79 Å². The van der Waals surface area contributed by atoms with Gasteiger partial charge in [0.15, 0.2) is 0 Å². The molecule has 2 unspecified atom stereocenters. The van der Waals surface area contributed by atoms with Crippen LogP contribution in [0.5, 0.6) is 0 Å². The maximum Gasteiger partial charge on any atom is 0.243 e. The van der Waals surface area contributed by atoms with Crippen molar-refractivity contribution in [1.82, 2.24) is 9.80 Å². The molecule has 6 heteroatoms. The number of hydrogen-bond donors (Lipinski definition) is 1. The van der Waals surface area contributed by atoms with Crippen molar-refractivity contribution in [3.8, 4) is 0 Å². The number of carbonyl (C=O) groups is 1. The van der Waals surface area contributed by atoms with E-state index in [1.165, 1.54) is 18.4 Å². The number of amides is 1. The lowest BCUT2D eigenvalue weighted by atomic mass is 9.97. The van der Waals surface area contributed by atoms with E-state index in [0.29, 0.717) is 5.92 Å². The van der Waals surface area contributed by atoms with Crippen LogP contribution < -0.4 is 5.73 Å². The Bertz CT molecular complexity index is 481. The molecule has 1 aliphatic heterocycles. The predicted molar refractivity (Wildman–Crippen MR) is 100 cm³/mol. The van der Waals surface area contributed by atoms with E-state index in [4.69, 9.17) is 5.73 Å². The van der Waals surface area contributed by atoms with Crippen LogP contribution in [-0.4, -0.2) is 49.4 Å². The van der Waals surface area contributed by atoms with Crippen LogP contribution in [0.4, 0.5) is 0 Å². The lowest BCUT2D eigenvalue weighted by molar-refractivity contribution is -0.132. The molecule has 0 spiro atoms. The van der Waals surface area contributed by atoms with Crippen LogP contribution in [0.3, 0.4) is 0 Å². The van der Waals surface area contributed by atoms with Gasteiger partial charge in [-0.25, -0.2) is 0 Å². The van der Waals surface area contributed by atoms with Gasteiger partial charge in [-0.1, -0.05) is 29.8 Å². The lowest BCUT2D eigenvalue weighted by Crippen LogP contribution is -2.42. The Morgan fingerprint density at radius 1 is 1.35 bits per heavy atom. The normalized spacial score (nSPS) is 19.2. The summed E-state index contributed by atoms with van der Waals surface area (Å²) in [5.41, 5.74) is 8.19. The van der Waals surface area contributed by atoms with E-state index in [1.807, 2.05) is 38.2 Å². The fourth-order valence-corrected chi connectivity index (χ4v) is 3.05. The average Bonchev–Trinajstić information content (AvgIpc) is 2.46. The molecular formula is C17H29Cl2N3O. The largest absolute Gasteiger partial charge is 0.344 e. The van der Waals surface area contributed by atoms with Gasteiger partial charge >= 0.3 is 0 Å². The minimum absolute atomic E-state index is 0. The number of nitrogens with two attached hydrogens (primary N) is 1. The van der Waals surface area contributed by atoms with Crippen molar-refractivity contribution in [1.29, 1.82) is 0 Å². The smallest absolute Gasteiger partial charge is 0.243 e. The highest BCUT2D eigenvalue weighted by molar-refractivity contribution is 5.85. The number of piperidine rings is 1. The minimum Gasteiger partial charge on any atom is -0.344 e. The summed E-state index contributed by atoms with van der Waals surface area (Å²) in [6, 6.07) is 7.33. The van der Waals surface area contributed by atoms with Gasteiger partial charge in [0.05, 0.1) is 0 Å². The van der Waals surface area contributed by atoms with Crippen LogP contribution in [0, 0.1) is 12.8 Å². The Balaban J connectivity index is 0.00000242. The SMILES string of the molecule is Cc1ccc(C(N)C(=O)N(C)CC2CCCN(C)C2)cc1.Cl.Cl. The van der Waals surface area contributed by atoms with E-state index < -0.39 is 6.04 Å². The second-order valence-corrected chi connectivity index (χ2v) is 6.38. The molecule has 1 amide bonds. The van der Waals surface area contributed by atoms with Gasteiger partial charge in [-0.15, -0.1) is 24.8 Å². The molecule has 1 aliphatic rings. The summed E-state index contributed by atoms with van der Waals surface area (Å²) in [7, 11) is 4.01. The van der Waals surface area contributed by atoms with Crippen LogP contribution >= 0.6 is 24.8 Å². The summed E-state index contributed by atoms with van der Waals surface area (Å²) >= 11 is 0. The fourth-order valence-electron chi connectivity index (χ4n) is 3.05. The lowest BCUT2D eigenvalue weighted by Gasteiger charge is -2.33. The van der Waals surface area contributed by atoms with E-state index in [1.54, 1.807) is 4.90 Å². The second kappa shape index (κ2) is 10.1. The Morgan fingerprint density at radius 3 is 2.52 bits per heavy atom. The standard InChI is InChI=1S/C17H27N3O.2ClH/c1-13-6-8-15(9-7-13)16(18)17(21)20(3)12-14-5-4-10-19(2)11-14;;/h6-9,14,16H,4-5,10-12,18H2,1-3H3;2*1H. The molecule has 1 saturated heterocycles. The molecule has 23 heavy (non-hydrogen) atoms. The van der Waals surface area contributed by atoms with Gasteiger partial charge in [0.1, 0.15) is 6.04 Å². The van der Waals surface area contributed by atoms with Gasteiger partial charge in [0, 0.05) is 20.1 Å². The molecule has 132 valence electrons. The second-order valence-electron chi connectivity index (χ2n) is 6.38. The first kappa shape index (κ1) is 22.2. The van der Waals surface area contributed by atoms with Crippen molar-refractivity contribution in [3.05, 3.63) is 35.4 Å². The van der Waals surface area contributed by atoms with Crippen LogP contribution in [0.2, 0.25) is 0 Å². The molecule has 1 aromatic carbocycles. The summed E-state index contributed by atoms with van der Waals surface area (Å²) in [5, 5.41) is 0. The molecule has 2 atom stereocenters. The van der Waals surface area contributed by atoms with Gasteiger partial charge in [-0.05, 0) is 44.8 Å². The Kier molecular flexibility index (Phi) is 9.78. The number of aryl methyl sites for hydroxylation is 1. The van der Waals surface area contributed by atoms with Crippen LogP contribution in [0.1, 0.15) is 30.0 Å². The zero-order chi connectivity index (χ0) is 15.4. The summed E-state index contributed by atoms with van der Waals surface area (Å²) in [4.78, 5) is 16.6. The Labute approximate surface area is 152 Å².